The second-order valence-electron chi connectivity index (χ2n) is 5.39. The molecule has 120 valence electrons. The molecule has 0 radical (unpaired) electrons. The van der Waals surface area contributed by atoms with E-state index in [-0.39, 0.29) is 6.03 Å². The Morgan fingerprint density at radius 3 is 2.39 bits per heavy atom. The zero-order valence-electron chi connectivity index (χ0n) is 13.7. The smallest absolute Gasteiger partial charge is 0.339 e. The third kappa shape index (κ3) is 3.69. The molecule has 0 N–H and O–H groups in total. The molecule has 1 heterocycles. The van der Waals surface area contributed by atoms with Crippen LogP contribution in [0.2, 0.25) is 0 Å². The Bertz CT molecular complexity index is 743. The van der Waals surface area contributed by atoms with Crippen LogP contribution in [0.5, 0.6) is 0 Å². The topological polar surface area (TPSA) is 51.5 Å². The summed E-state index contributed by atoms with van der Waals surface area (Å²) >= 11 is 0. The van der Waals surface area contributed by atoms with E-state index >= 15 is 0 Å². The van der Waals surface area contributed by atoms with Crippen LogP contribution in [0, 0.1) is 0 Å². The lowest BCUT2D eigenvalue weighted by atomic mass is 10.1. The van der Waals surface area contributed by atoms with Crippen molar-refractivity contribution in [1.29, 1.82) is 0 Å². The van der Waals surface area contributed by atoms with Crippen LogP contribution in [0.15, 0.2) is 42.6 Å². The molecule has 0 aliphatic heterocycles. The number of rotatable bonds is 3. The van der Waals surface area contributed by atoms with Gasteiger partial charge in [-0.3, -0.25) is 4.57 Å². The van der Waals surface area contributed by atoms with Gasteiger partial charge in [-0.1, -0.05) is 30.3 Å². The van der Waals surface area contributed by atoms with Gasteiger partial charge in [0.1, 0.15) is 0 Å². The fourth-order valence-corrected chi connectivity index (χ4v) is 2.24. The molecule has 5 heteroatoms. The minimum absolute atomic E-state index is 0.226. The minimum atomic E-state index is -0.468. The third-order valence-electron chi connectivity index (χ3n) is 3.42. The highest BCUT2D eigenvalue weighted by molar-refractivity contribution is 5.94. The molecule has 5 nitrogen and oxygen atoms in total. The predicted molar refractivity (Wildman–Crippen MR) is 90.2 cm³/mol. The van der Waals surface area contributed by atoms with Crippen LogP contribution in [-0.2, 0) is 4.74 Å². The Balaban J connectivity index is 2.51. The summed E-state index contributed by atoms with van der Waals surface area (Å²) in [5, 5.41) is 0. The van der Waals surface area contributed by atoms with Crippen LogP contribution >= 0.6 is 0 Å². The van der Waals surface area contributed by atoms with E-state index in [0.717, 1.165) is 11.1 Å². The average molecular weight is 312 g/mol. The highest BCUT2D eigenvalue weighted by Gasteiger charge is 2.18. The van der Waals surface area contributed by atoms with Gasteiger partial charge in [-0.2, -0.15) is 0 Å². The number of aromatic nitrogens is 1. The number of carbonyl (C=O) groups excluding carboxylic acids is 2. The number of amides is 1. The number of ether oxygens (including phenoxy) is 1. The molecule has 1 amide bonds. The van der Waals surface area contributed by atoms with E-state index < -0.39 is 5.97 Å². The number of methoxy groups -OCH3 is 1. The Labute approximate surface area is 135 Å². The Morgan fingerprint density at radius 2 is 1.83 bits per heavy atom. The number of nitrogens with zero attached hydrogens (tertiary/aromatic N) is 2. The standard InChI is InChI=1S/C18H20N2O3/c1-13(10-14-8-6-5-7-9-14)16-11-15(17(21)23-4)12-20(16)18(22)19(2)3/h5-12H,1-4H3/b13-10+. The van der Waals surface area contributed by atoms with E-state index in [9.17, 15) is 9.59 Å². The maximum absolute atomic E-state index is 12.4. The van der Waals surface area contributed by atoms with Gasteiger partial charge < -0.3 is 9.64 Å². The zero-order valence-corrected chi connectivity index (χ0v) is 13.7. The van der Waals surface area contributed by atoms with Crippen molar-refractivity contribution in [2.75, 3.05) is 21.2 Å². The zero-order chi connectivity index (χ0) is 17.0. The van der Waals surface area contributed by atoms with E-state index in [2.05, 4.69) is 0 Å². The van der Waals surface area contributed by atoms with Crippen LogP contribution in [0.4, 0.5) is 4.79 Å². The summed E-state index contributed by atoms with van der Waals surface area (Å²) < 4.78 is 6.21. The number of allylic oxidation sites excluding steroid dienone is 1. The van der Waals surface area contributed by atoms with E-state index in [1.807, 2.05) is 43.3 Å². The monoisotopic (exact) mass is 312 g/mol. The van der Waals surface area contributed by atoms with Gasteiger partial charge in [0, 0.05) is 20.3 Å². The van der Waals surface area contributed by atoms with Gasteiger partial charge in [-0.25, -0.2) is 9.59 Å². The quantitative estimate of drug-likeness (QED) is 0.817. The molecule has 2 aromatic rings. The summed E-state index contributed by atoms with van der Waals surface area (Å²) in [5.74, 6) is -0.468. The lowest BCUT2D eigenvalue weighted by Crippen LogP contribution is -2.27. The van der Waals surface area contributed by atoms with Crippen molar-refractivity contribution in [3.63, 3.8) is 0 Å². The Kier molecular flexibility index (Phi) is 5.01. The van der Waals surface area contributed by atoms with Crippen LogP contribution in [0.25, 0.3) is 11.6 Å². The lowest BCUT2D eigenvalue weighted by Gasteiger charge is -2.14. The minimum Gasteiger partial charge on any atom is -0.465 e. The van der Waals surface area contributed by atoms with Gasteiger partial charge in [0.2, 0.25) is 0 Å². The van der Waals surface area contributed by atoms with Crippen LogP contribution in [0.1, 0.15) is 28.5 Å². The molecule has 0 fully saturated rings. The molecular formula is C18H20N2O3. The number of hydrogen-bond donors (Lipinski definition) is 0. The second-order valence-corrected chi connectivity index (χ2v) is 5.39. The van der Waals surface area contributed by atoms with Crippen molar-refractivity contribution in [3.05, 3.63) is 59.4 Å². The maximum atomic E-state index is 12.4. The van der Waals surface area contributed by atoms with Gasteiger partial charge in [-0.15, -0.1) is 0 Å². The molecule has 0 unspecified atom stereocenters. The van der Waals surface area contributed by atoms with Gasteiger partial charge >= 0.3 is 12.0 Å². The highest BCUT2D eigenvalue weighted by atomic mass is 16.5. The number of benzene rings is 1. The first kappa shape index (κ1) is 16.5. The molecule has 1 aromatic heterocycles. The number of carbonyl (C=O) groups is 2. The Hall–Kier alpha value is -2.82. The molecule has 0 saturated carbocycles. The SMILES string of the molecule is COC(=O)c1cc(/C(C)=C/c2ccccc2)n(C(=O)N(C)C)c1. The molecule has 0 bridgehead atoms. The van der Waals surface area contributed by atoms with Gasteiger partial charge in [0.05, 0.1) is 18.4 Å². The van der Waals surface area contributed by atoms with E-state index in [4.69, 9.17) is 4.74 Å². The van der Waals surface area contributed by atoms with Gasteiger partial charge in [0.25, 0.3) is 0 Å². The summed E-state index contributed by atoms with van der Waals surface area (Å²) in [6.07, 6.45) is 3.47. The van der Waals surface area contributed by atoms with Crippen LogP contribution in [0.3, 0.4) is 0 Å². The van der Waals surface area contributed by atoms with Crippen molar-refractivity contribution in [2.45, 2.75) is 6.92 Å². The van der Waals surface area contributed by atoms with Crippen molar-refractivity contribution >= 4 is 23.6 Å². The van der Waals surface area contributed by atoms with Crippen LogP contribution < -0.4 is 0 Å². The van der Waals surface area contributed by atoms with Crippen LogP contribution in [-0.4, -0.2) is 42.7 Å². The fourth-order valence-electron chi connectivity index (χ4n) is 2.24. The first-order valence-electron chi connectivity index (χ1n) is 7.20. The molecule has 0 aliphatic rings. The molecule has 1 aromatic carbocycles. The van der Waals surface area contributed by atoms with Crippen molar-refractivity contribution in [2.24, 2.45) is 0 Å². The first-order valence-corrected chi connectivity index (χ1v) is 7.20. The largest absolute Gasteiger partial charge is 0.465 e. The molecule has 0 saturated heterocycles. The Morgan fingerprint density at radius 1 is 1.17 bits per heavy atom. The van der Waals surface area contributed by atoms with Crippen molar-refractivity contribution in [3.8, 4) is 0 Å². The molecule has 23 heavy (non-hydrogen) atoms. The first-order chi connectivity index (χ1) is 10.9. The second kappa shape index (κ2) is 6.96. The summed E-state index contributed by atoms with van der Waals surface area (Å²) in [6.45, 7) is 1.91. The summed E-state index contributed by atoms with van der Waals surface area (Å²) in [6, 6.07) is 11.2. The fraction of sp³-hybridized carbons (Fsp3) is 0.222. The molecule has 0 atom stereocenters. The predicted octanol–water partition coefficient (Wildman–Crippen LogP) is 3.36. The van der Waals surface area contributed by atoms with E-state index in [1.54, 1.807) is 20.2 Å². The molecule has 0 aliphatic carbocycles. The number of hydrogen-bond acceptors (Lipinski definition) is 3. The summed E-state index contributed by atoms with van der Waals surface area (Å²) in [7, 11) is 4.65. The lowest BCUT2D eigenvalue weighted by molar-refractivity contribution is 0.0601. The van der Waals surface area contributed by atoms with Crippen molar-refractivity contribution < 1.29 is 14.3 Å². The van der Waals surface area contributed by atoms with Gasteiger partial charge in [-0.05, 0) is 30.2 Å². The maximum Gasteiger partial charge on any atom is 0.339 e. The third-order valence-corrected chi connectivity index (χ3v) is 3.42. The average Bonchev–Trinajstić information content (AvgIpc) is 2.99. The molecule has 2 rings (SSSR count). The van der Waals surface area contributed by atoms with E-state index in [1.165, 1.54) is 22.8 Å². The number of esters is 1. The summed E-state index contributed by atoms with van der Waals surface area (Å²) in [5.41, 5.74) is 2.91. The summed E-state index contributed by atoms with van der Waals surface area (Å²) in [4.78, 5) is 25.6. The van der Waals surface area contributed by atoms with E-state index in [0.29, 0.717) is 11.3 Å². The normalized spacial score (nSPS) is 11.2. The van der Waals surface area contributed by atoms with Gasteiger partial charge in [0.15, 0.2) is 0 Å². The highest BCUT2D eigenvalue weighted by Crippen LogP contribution is 2.22. The molecular weight excluding hydrogens is 292 g/mol. The van der Waals surface area contributed by atoms with Crippen molar-refractivity contribution in [1.82, 2.24) is 9.47 Å². The molecule has 0 spiro atoms.